The van der Waals surface area contributed by atoms with Gasteiger partial charge in [-0.1, -0.05) is 54.6 Å². The van der Waals surface area contributed by atoms with Gasteiger partial charge in [0.25, 0.3) is 0 Å². The number of ether oxygens (including phenoxy) is 2. The predicted molar refractivity (Wildman–Crippen MR) is 103 cm³/mol. The van der Waals surface area contributed by atoms with Crippen LogP contribution in [-0.2, 0) is 17.4 Å². The lowest BCUT2D eigenvalue weighted by atomic mass is 10.1. The lowest BCUT2D eigenvalue weighted by Gasteiger charge is -2.13. The van der Waals surface area contributed by atoms with Crippen molar-refractivity contribution in [2.24, 2.45) is 0 Å². The summed E-state index contributed by atoms with van der Waals surface area (Å²) in [4.78, 5) is 24.5. The summed E-state index contributed by atoms with van der Waals surface area (Å²) in [7, 11) is 0. The average molecular weight is 414 g/mol. The molecule has 0 bridgehead atoms. The number of para-hydroxylation sites is 2. The van der Waals surface area contributed by atoms with Crippen molar-refractivity contribution in [2.75, 3.05) is 0 Å². The predicted octanol–water partition coefficient (Wildman–Crippen LogP) is 5.46. The van der Waals surface area contributed by atoms with E-state index < -0.39 is 29.2 Å². The fourth-order valence-electron chi connectivity index (χ4n) is 2.75. The summed E-state index contributed by atoms with van der Waals surface area (Å²) in [6.45, 7) is 0. The van der Waals surface area contributed by atoms with Crippen LogP contribution in [0.4, 0.5) is 13.2 Å². The van der Waals surface area contributed by atoms with Gasteiger partial charge in [0.15, 0.2) is 11.5 Å². The molecule has 3 aromatic carbocycles. The number of halogens is 3. The van der Waals surface area contributed by atoms with E-state index in [1.165, 1.54) is 30.3 Å². The Hall–Kier alpha value is -3.61. The minimum absolute atomic E-state index is 0.0478. The SMILES string of the molecule is O=C(CCc1ccccc1)Oc1ccccc1OC(=O)c1ccccc1C(F)(F)F. The van der Waals surface area contributed by atoms with E-state index in [1.807, 2.05) is 30.3 Å². The molecule has 7 heteroatoms. The molecule has 30 heavy (non-hydrogen) atoms. The van der Waals surface area contributed by atoms with Crippen LogP contribution in [0.1, 0.15) is 27.9 Å². The second-order valence-electron chi connectivity index (χ2n) is 6.34. The molecule has 0 amide bonds. The summed E-state index contributed by atoms with van der Waals surface area (Å²) >= 11 is 0. The first-order valence-corrected chi connectivity index (χ1v) is 9.06. The van der Waals surface area contributed by atoms with Gasteiger partial charge in [-0.05, 0) is 36.2 Å². The van der Waals surface area contributed by atoms with E-state index in [4.69, 9.17) is 9.47 Å². The summed E-state index contributed by atoms with van der Waals surface area (Å²) in [5.41, 5.74) is -0.777. The van der Waals surface area contributed by atoms with Crippen molar-refractivity contribution in [3.8, 4) is 11.5 Å². The van der Waals surface area contributed by atoms with Crippen LogP contribution < -0.4 is 9.47 Å². The molecule has 154 valence electrons. The largest absolute Gasteiger partial charge is 0.423 e. The Bertz CT molecular complexity index is 1030. The molecule has 0 aromatic heterocycles. The summed E-state index contributed by atoms with van der Waals surface area (Å²) in [5.74, 6) is -1.95. The maximum atomic E-state index is 13.1. The van der Waals surface area contributed by atoms with Crippen molar-refractivity contribution >= 4 is 11.9 Å². The van der Waals surface area contributed by atoms with Gasteiger partial charge in [-0.25, -0.2) is 4.79 Å². The van der Waals surface area contributed by atoms with E-state index in [0.29, 0.717) is 6.42 Å². The van der Waals surface area contributed by atoms with Gasteiger partial charge in [-0.2, -0.15) is 13.2 Å². The Morgan fingerprint density at radius 3 is 1.97 bits per heavy atom. The van der Waals surface area contributed by atoms with Gasteiger partial charge in [0.1, 0.15) is 0 Å². The van der Waals surface area contributed by atoms with Gasteiger partial charge < -0.3 is 9.47 Å². The normalized spacial score (nSPS) is 11.0. The first kappa shape index (κ1) is 21.1. The molecule has 0 unspecified atom stereocenters. The number of hydrogen-bond donors (Lipinski definition) is 0. The van der Waals surface area contributed by atoms with Crippen LogP contribution in [0.2, 0.25) is 0 Å². The van der Waals surface area contributed by atoms with Crippen molar-refractivity contribution in [3.63, 3.8) is 0 Å². The van der Waals surface area contributed by atoms with Crippen molar-refractivity contribution in [3.05, 3.63) is 95.6 Å². The van der Waals surface area contributed by atoms with E-state index in [2.05, 4.69) is 0 Å². The fraction of sp³-hybridized carbons (Fsp3) is 0.130. The van der Waals surface area contributed by atoms with Crippen LogP contribution in [0.3, 0.4) is 0 Å². The molecule has 4 nitrogen and oxygen atoms in total. The molecule has 0 aliphatic rings. The second kappa shape index (κ2) is 9.26. The lowest BCUT2D eigenvalue weighted by Crippen LogP contribution is -2.17. The second-order valence-corrected chi connectivity index (χ2v) is 6.34. The zero-order chi connectivity index (χ0) is 21.6. The molecule has 0 fully saturated rings. The molecule has 0 saturated carbocycles. The molecule has 3 rings (SSSR count). The number of aryl methyl sites for hydroxylation is 1. The zero-order valence-electron chi connectivity index (χ0n) is 15.7. The Labute approximate surface area is 170 Å². The van der Waals surface area contributed by atoms with E-state index in [0.717, 1.165) is 17.7 Å². The molecule has 3 aromatic rings. The third-order valence-electron chi connectivity index (χ3n) is 4.19. The first-order chi connectivity index (χ1) is 14.3. The van der Waals surface area contributed by atoms with Gasteiger partial charge >= 0.3 is 18.1 Å². The van der Waals surface area contributed by atoms with Crippen LogP contribution in [0.5, 0.6) is 11.5 Å². The van der Waals surface area contributed by atoms with E-state index in [9.17, 15) is 22.8 Å². The molecule has 0 N–H and O–H groups in total. The molecule has 0 heterocycles. The smallest absolute Gasteiger partial charge is 0.417 e. The minimum atomic E-state index is -4.71. The number of rotatable bonds is 6. The molecule has 0 radical (unpaired) electrons. The highest BCUT2D eigenvalue weighted by molar-refractivity contribution is 5.93. The number of esters is 2. The van der Waals surface area contributed by atoms with Gasteiger partial charge in [0.05, 0.1) is 11.1 Å². The molecule has 0 saturated heterocycles. The molecular weight excluding hydrogens is 397 g/mol. The van der Waals surface area contributed by atoms with Crippen LogP contribution in [0.25, 0.3) is 0 Å². The Kier molecular flexibility index (Phi) is 6.51. The van der Waals surface area contributed by atoms with Crippen molar-refractivity contribution < 1.29 is 32.2 Å². The fourth-order valence-corrected chi connectivity index (χ4v) is 2.75. The zero-order valence-corrected chi connectivity index (χ0v) is 15.7. The van der Waals surface area contributed by atoms with Crippen LogP contribution in [0.15, 0.2) is 78.9 Å². The third kappa shape index (κ3) is 5.47. The quantitative estimate of drug-likeness (QED) is 0.397. The molecular formula is C23H17F3O4. The van der Waals surface area contributed by atoms with Gasteiger partial charge in [0, 0.05) is 6.42 Å². The van der Waals surface area contributed by atoms with Gasteiger partial charge in [-0.15, -0.1) is 0 Å². The molecule has 0 aliphatic heterocycles. The summed E-state index contributed by atoms with van der Waals surface area (Å²) in [5, 5.41) is 0. The van der Waals surface area contributed by atoms with Gasteiger partial charge in [-0.3, -0.25) is 4.79 Å². The van der Waals surface area contributed by atoms with Crippen molar-refractivity contribution in [1.82, 2.24) is 0 Å². The minimum Gasteiger partial charge on any atom is -0.423 e. The maximum absolute atomic E-state index is 13.1. The lowest BCUT2D eigenvalue weighted by molar-refractivity contribution is -0.138. The average Bonchev–Trinajstić information content (AvgIpc) is 2.74. The topological polar surface area (TPSA) is 52.6 Å². The Morgan fingerprint density at radius 1 is 0.733 bits per heavy atom. The van der Waals surface area contributed by atoms with E-state index >= 15 is 0 Å². The highest BCUT2D eigenvalue weighted by Gasteiger charge is 2.35. The highest BCUT2D eigenvalue weighted by atomic mass is 19.4. The monoisotopic (exact) mass is 414 g/mol. The number of alkyl halides is 3. The molecule has 0 atom stereocenters. The van der Waals surface area contributed by atoms with Crippen LogP contribution in [0, 0.1) is 0 Å². The van der Waals surface area contributed by atoms with Crippen molar-refractivity contribution in [2.45, 2.75) is 19.0 Å². The first-order valence-electron chi connectivity index (χ1n) is 9.06. The summed E-state index contributed by atoms with van der Waals surface area (Å²) in [6.07, 6.45) is -4.16. The van der Waals surface area contributed by atoms with E-state index in [-0.39, 0.29) is 17.9 Å². The number of benzene rings is 3. The van der Waals surface area contributed by atoms with E-state index in [1.54, 1.807) is 6.07 Å². The van der Waals surface area contributed by atoms with Crippen molar-refractivity contribution in [1.29, 1.82) is 0 Å². The molecule has 0 aliphatic carbocycles. The molecule has 0 spiro atoms. The third-order valence-corrected chi connectivity index (χ3v) is 4.19. The van der Waals surface area contributed by atoms with Crippen LogP contribution >= 0.6 is 0 Å². The Balaban J connectivity index is 1.71. The standard InChI is InChI=1S/C23H17F3O4/c24-23(25,26)18-11-5-4-10-17(18)22(28)30-20-13-7-6-12-19(20)29-21(27)15-14-16-8-2-1-3-9-16/h1-13H,14-15H2. The van der Waals surface area contributed by atoms with Gasteiger partial charge in [0.2, 0.25) is 0 Å². The Morgan fingerprint density at radius 2 is 1.30 bits per heavy atom. The van der Waals surface area contributed by atoms with Crippen LogP contribution in [-0.4, -0.2) is 11.9 Å². The summed E-state index contributed by atoms with van der Waals surface area (Å²) in [6, 6.07) is 19.5. The number of carbonyl (C=O) groups excluding carboxylic acids is 2. The number of hydrogen-bond acceptors (Lipinski definition) is 4. The number of carbonyl (C=O) groups is 2. The maximum Gasteiger partial charge on any atom is 0.417 e. The highest BCUT2D eigenvalue weighted by Crippen LogP contribution is 2.33. The summed E-state index contributed by atoms with van der Waals surface area (Å²) < 4.78 is 49.8.